The number of nitrogens with one attached hydrogen (secondary N) is 3. The summed E-state index contributed by atoms with van der Waals surface area (Å²) in [5, 5.41) is 9.29. The molecule has 1 fully saturated rings. The molecular weight excluding hydrogens is 501 g/mol. The zero-order valence-electron chi connectivity index (χ0n) is 21.0. The highest BCUT2D eigenvalue weighted by Gasteiger charge is 2.24. The van der Waals surface area contributed by atoms with Crippen molar-refractivity contribution in [3.63, 3.8) is 0 Å². The van der Waals surface area contributed by atoms with Crippen molar-refractivity contribution in [2.75, 3.05) is 37.5 Å². The van der Waals surface area contributed by atoms with Gasteiger partial charge < -0.3 is 30.3 Å². The minimum Gasteiger partial charge on any atom is -0.495 e. The highest BCUT2D eigenvalue weighted by molar-refractivity contribution is 6.33. The topological polar surface area (TPSA) is 114 Å². The molecule has 3 heterocycles. The van der Waals surface area contributed by atoms with E-state index in [0.717, 1.165) is 0 Å². The second-order valence-electron chi connectivity index (χ2n) is 8.79. The highest BCUT2D eigenvalue weighted by atomic mass is 35.5. The average Bonchev–Trinajstić information content (AvgIpc) is 2.88. The predicted molar refractivity (Wildman–Crippen MR) is 140 cm³/mol. The normalized spacial score (nSPS) is 17.3. The summed E-state index contributed by atoms with van der Waals surface area (Å²) < 4.78 is 25.9. The van der Waals surface area contributed by atoms with Crippen LogP contribution in [0.4, 0.5) is 21.8 Å². The van der Waals surface area contributed by atoms with E-state index >= 15 is 0 Å². The van der Waals surface area contributed by atoms with Gasteiger partial charge in [-0.05, 0) is 26.0 Å². The fraction of sp³-hybridized carbons (Fsp3) is 0.360. The second kappa shape index (κ2) is 11.6. The molecule has 2 aromatic heterocycles. The fourth-order valence-electron chi connectivity index (χ4n) is 4.16. The van der Waals surface area contributed by atoms with Crippen LogP contribution in [0.25, 0.3) is 0 Å². The minimum absolute atomic E-state index is 0.0655. The molecule has 37 heavy (non-hydrogen) atoms. The third-order valence-electron chi connectivity index (χ3n) is 5.78. The number of benzene rings is 1. The van der Waals surface area contributed by atoms with E-state index in [2.05, 4.69) is 44.7 Å². The van der Waals surface area contributed by atoms with Gasteiger partial charge in [0.25, 0.3) is 5.91 Å². The maximum Gasteiger partial charge on any atom is 0.251 e. The number of rotatable bonds is 8. The lowest BCUT2D eigenvalue weighted by molar-refractivity contribution is 0.0962. The van der Waals surface area contributed by atoms with Gasteiger partial charge in [-0.3, -0.25) is 4.79 Å². The number of carbonyl (C=O) groups is 1. The van der Waals surface area contributed by atoms with Crippen LogP contribution in [0, 0.1) is 5.82 Å². The lowest BCUT2D eigenvalue weighted by Gasteiger charge is -2.37. The molecule has 196 valence electrons. The van der Waals surface area contributed by atoms with Crippen molar-refractivity contribution in [3.05, 3.63) is 58.8 Å². The number of pyridine rings is 1. The van der Waals surface area contributed by atoms with E-state index in [1.165, 1.54) is 25.6 Å². The zero-order valence-corrected chi connectivity index (χ0v) is 21.8. The van der Waals surface area contributed by atoms with Crippen molar-refractivity contribution in [2.24, 2.45) is 0 Å². The first-order chi connectivity index (χ1) is 17.8. The number of hydrogen-bond acceptors (Lipinski definition) is 9. The molecule has 1 aromatic carbocycles. The van der Waals surface area contributed by atoms with Gasteiger partial charge >= 0.3 is 0 Å². The van der Waals surface area contributed by atoms with Gasteiger partial charge in [-0.25, -0.2) is 19.3 Å². The van der Waals surface area contributed by atoms with Crippen LogP contribution in [0.15, 0.2) is 36.8 Å². The number of methoxy groups -OCH3 is 1. The summed E-state index contributed by atoms with van der Waals surface area (Å²) in [7, 11) is 3.01. The Kier molecular flexibility index (Phi) is 8.24. The Morgan fingerprint density at radius 3 is 2.49 bits per heavy atom. The summed E-state index contributed by atoms with van der Waals surface area (Å²) in [5.41, 5.74) is 1.39. The molecule has 0 radical (unpaired) electrons. The van der Waals surface area contributed by atoms with Crippen LogP contribution >= 0.6 is 11.6 Å². The van der Waals surface area contributed by atoms with E-state index in [4.69, 9.17) is 21.1 Å². The molecule has 12 heteroatoms. The van der Waals surface area contributed by atoms with Crippen molar-refractivity contribution in [1.82, 2.24) is 25.6 Å². The van der Waals surface area contributed by atoms with Crippen LogP contribution in [-0.4, -0.2) is 60.2 Å². The zero-order chi connectivity index (χ0) is 26.5. The summed E-state index contributed by atoms with van der Waals surface area (Å²) in [6, 6.07) is 5.06. The standard InChI is InChI=1S/C25H29ClFN7O3/c1-14-11-34(12-15(2)32-14)23-20(27)7-18(8-29-23)33-25-30-9-19(10-31-25)37-13-17-5-16(24(35)28-3)6-21(36-4)22(17)26/h5-10,14-15,32H,11-13H2,1-4H3,(H,28,35)(H,30,31,33)/t14-,15+. The molecule has 4 rings (SSSR count). The SMILES string of the molecule is CNC(=O)c1cc(COc2cnc(Nc3cnc(N4C[C@@H](C)N[C@@H](C)C4)c(F)c3)nc2)c(Cl)c(OC)c1. The van der Waals surface area contributed by atoms with Crippen molar-refractivity contribution < 1.29 is 18.7 Å². The molecule has 0 unspecified atom stereocenters. The molecule has 0 saturated carbocycles. The first kappa shape index (κ1) is 26.4. The molecule has 1 saturated heterocycles. The van der Waals surface area contributed by atoms with Crippen LogP contribution < -0.4 is 30.3 Å². The first-order valence-electron chi connectivity index (χ1n) is 11.7. The average molecular weight is 530 g/mol. The fourth-order valence-corrected chi connectivity index (χ4v) is 4.40. The molecule has 1 aliphatic rings. The van der Waals surface area contributed by atoms with Gasteiger partial charge in [-0.1, -0.05) is 11.6 Å². The van der Waals surface area contributed by atoms with Crippen LogP contribution in [0.2, 0.25) is 5.02 Å². The lowest BCUT2D eigenvalue weighted by atomic mass is 10.1. The van der Waals surface area contributed by atoms with Gasteiger partial charge in [-0.2, -0.15) is 0 Å². The molecule has 0 aliphatic carbocycles. The highest BCUT2D eigenvalue weighted by Crippen LogP contribution is 2.31. The van der Waals surface area contributed by atoms with Gasteiger partial charge in [0.05, 0.1) is 36.4 Å². The largest absolute Gasteiger partial charge is 0.495 e. The molecule has 0 spiro atoms. The quantitative estimate of drug-likeness (QED) is 0.403. The third kappa shape index (κ3) is 6.36. The van der Waals surface area contributed by atoms with E-state index < -0.39 is 5.82 Å². The lowest BCUT2D eigenvalue weighted by Crippen LogP contribution is -2.54. The molecule has 1 aliphatic heterocycles. The van der Waals surface area contributed by atoms with Crippen molar-refractivity contribution in [3.8, 4) is 11.5 Å². The van der Waals surface area contributed by atoms with Crippen LogP contribution in [0.3, 0.4) is 0 Å². The Morgan fingerprint density at radius 2 is 1.86 bits per heavy atom. The maximum atomic E-state index is 14.8. The summed E-state index contributed by atoms with van der Waals surface area (Å²) >= 11 is 6.38. The third-order valence-corrected chi connectivity index (χ3v) is 6.21. The van der Waals surface area contributed by atoms with Crippen LogP contribution in [0.5, 0.6) is 11.5 Å². The van der Waals surface area contributed by atoms with E-state index in [1.54, 1.807) is 25.4 Å². The van der Waals surface area contributed by atoms with Gasteiger partial charge in [0, 0.05) is 49.4 Å². The van der Waals surface area contributed by atoms with E-state index in [0.29, 0.717) is 52.2 Å². The Hall–Kier alpha value is -3.70. The van der Waals surface area contributed by atoms with Gasteiger partial charge in [0.15, 0.2) is 17.4 Å². The van der Waals surface area contributed by atoms with Crippen molar-refractivity contribution in [1.29, 1.82) is 0 Å². The molecular formula is C25H29ClFN7O3. The molecule has 3 aromatic rings. The number of ether oxygens (including phenoxy) is 2. The number of amides is 1. The maximum absolute atomic E-state index is 14.8. The number of aromatic nitrogens is 3. The summed E-state index contributed by atoms with van der Waals surface area (Å²) in [4.78, 5) is 26.8. The molecule has 10 nitrogen and oxygen atoms in total. The second-order valence-corrected chi connectivity index (χ2v) is 9.17. The summed E-state index contributed by atoms with van der Waals surface area (Å²) in [6.07, 6.45) is 4.51. The number of piperazine rings is 1. The Morgan fingerprint density at radius 1 is 1.16 bits per heavy atom. The number of nitrogens with zero attached hydrogens (tertiary/aromatic N) is 4. The van der Waals surface area contributed by atoms with Crippen molar-refractivity contribution in [2.45, 2.75) is 32.5 Å². The van der Waals surface area contributed by atoms with Crippen molar-refractivity contribution >= 4 is 35.0 Å². The summed E-state index contributed by atoms with van der Waals surface area (Å²) in [5.74, 6) is 0.638. The first-order valence-corrected chi connectivity index (χ1v) is 12.1. The Labute approximate surface area is 219 Å². The Balaban J connectivity index is 1.40. The van der Waals surface area contributed by atoms with Gasteiger partial charge in [-0.15, -0.1) is 0 Å². The van der Waals surface area contributed by atoms with Gasteiger partial charge in [0.2, 0.25) is 5.95 Å². The minimum atomic E-state index is -0.419. The predicted octanol–water partition coefficient (Wildman–Crippen LogP) is 3.54. The molecule has 2 atom stereocenters. The number of carbonyl (C=O) groups excluding carboxylic acids is 1. The van der Waals surface area contributed by atoms with E-state index in [9.17, 15) is 9.18 Å². The number of halogens is 2. The van der Waals surface area contributed by atoms with Gasteiger partial charge in [0.1, 0.15) is 12.4 Å². The molecule has 0 bridgehead atoms. The summed E-state index contributed by atoms with van der Waals surface area (Å²) in [6.45, 7) is 5.55. The number of hydrogen-bond donors (Lipinski definition) is 3. The smallest absolute Gasteiger partial charge is 0.251 e. The Bertz CT molecular complexity index is 1250. The molecule has 3 N–H and O–H groups in total. The van der Waals surface area contributed by atoms with E-state index in [-0.39, 0.29) is 30.5 Å². The molecule has 1 amide bonds. The monoisotopic (exact) mass is 529 g/mol. The van der Waals surface area contributed by atoms with Crippen LogP contribution in [0.1, 0.15) is 29.8 Å². The van der Waals surface area contributed by atoms with Crippen LogP contribution in [-0.2, 0) is 6.61 Å². The van der Waals surface area contributed by atoms with E-state index in [1.807, 2.05) is 4.90 Å². The number of anilines is 3.